The highest BCUT2D eigenvalue weighted by molar-refractivity contribution is 5.80. The monoisotopic (exact) mass is 355 g/mol. The number of hydrogen-bond donors (Lipinski definition) is 2. The van der Waals surface area contributed by atoms with Crippen molar-refractivity contribution >= 4 is 5.96 Å². The molecule has 140 valence electrons. The van der Waals surface area contributed by atoms with Crippen LogP contribution in [0.3, 0.4) is 0 Å². The fraction of sp³-hybridized carbons (Fsp3) is 0.611. The molecular weight excluding hydrogens is 328 g/mol. The molecule has 0 atom stereocenters. The number of guanidine groups is 1. The molecule has 0 radical (unpaired) electrons. The number of hydrogen-bond acceptors (Lipinski definition) is 3. The largest absolute Gasteiger partial charge is 0.493 e. The molecule has 0 aliphatic heterocycles. The Morgan fingerprint density at radius 3 is 2.68 bits per heavy atom. The predicted molar refractivity (Wildman–Crippen MR) is 94.7 cm³/mol. The van der Waals surface area contributed by atoms with E-state index in [1.807, 2.05) is 13.0 Å². The van der Waals surface area contributed by atoms with E-state index in [9.17, 15) is 8.78 Å². The first-order valence-electron chi connectivity index (χ1n) is 8.79. The standard InChI is InChI=1S/C18H27F2N3O2/c1-3-21-18(23-14-6-4-5-7-14)22-11-10-13-8-9-15(24-2)16(12-13)25-17(19)20/h8-9,12,14,17H,3-7,10-11H2,1-2H3,(H2,21,22,23). The fourth-order valence-electron chi connectivity index (χ4n) is 2.95. The first-order chi connectivity index (χ1) is 12.1. The molecule has 0 spiro atoms. The van der Waals surface area contributed by atoms with E-state index in [0.717, 1.165) is 18.1 Å². The Morgan fingerprint density at radius 2 is 2.04 bits per heavy atom. The molecule has 25 heavy (non-hydrogen) atoms. The number of rotatable bonds is 8. The van der Waals surface area contributed by atoms with Crippen molar-refractivity contribution in [3.63, 3.8) is 0 Å². The lowest BCUT2D eigenvalue weighted by atomic mass is 10.1. The van der Waals surface area contributed by atoms with Crippen molar-refractivity contribution < 1.29 is 18.3 Å². The zero-order chi connectivity index (χ0) is 18.1. The molecule has 0 amide bonds. The van der Waals surface area contributed by atoms with E-state index in [2.05, 4.69) is 20.4 Å². The Morgan fingerprint density at radius 1 is 1.28 bits per heavy atom. The van der Waals surface area contributed by atoms with Crippen LogP contribution in [-0.4, -0.2) is 38.8 Å². The number of nitrogens with one attached hydrogen (secondary N) is 2. The molecule has 2 N–H and O–H groups in total. The second-order valence-electron chi connectivity index (χ2n) is 6.00. The highest BCUT2D eigenvalue weighted by Gasteiger charge is 2.16. The van der Waals surface area contributed by atoms with E-state index >= 15 is 0 Å². The van der Waals surface area contributed by atoms with Crippen molar-refractivity contribution in [2.75, 3.05) is 20.2 Å². The van der Waals surface area contributed by atoms with Gasteiger partial charge >= 0.3 is 6.61 Å². The van der Waals surface area contributed by atoms with Gasteiger partial charge in [-0.05, 0) is 43.9 Å². The van der Waals surface area contributed by atoms with E-state index in [4.69, 9.17) is 4.74 Å². The summed E-state index contributed by atoms with van der Waals surface area (Å²) in [7, 11) is 1.43. The molecule has 2 rings (SSSR count). The fourth-order valence-corrected chi connectivity index (χ4v) is 2.95. The molecule has 1 saturated carbocycles. The molecule has 7 heteroatoms. The third-order valence-electron chi connectivity index (χ3n) is 4.15. The Bertz CT molecular complexity index is 561. The molecule has 1 aliphatic carbocycles. The minimum Gasteiger partial charge on any atom is -0.493 e. The normalized spacial score (nSPS) is 15.5. The first kappa shape index (κ1) is 19.3. The SMILES string of the molecule is CCNC(=NCCc1ccc(OC)c(OC(F)F)c1)NC1CCCC1. The van der Waals surface area contributed by atoms with Gasteiger partial charge in [0.15, 0.2) is 17.5 Å². The van der Waals surface area contributed by atoms with Crippen molar-refractivity contribution in [2.24, 2.45) is 4.99 Å². The predicted octanol–water partition coefficient (Wildman–Crippen LogP) is 3.34. The Hall–Kier alpha value is -2.05. The summed E-state index contributed by atoms with van der Waals surface area (Å²) in [4.78, 5) is 4.58. The quantitative estimate of drug-likeness (QED) is 0.555. The highest BCUT2D eigenvalue weighted by Crippen LogP contribution is 2.29. The van der Waals surface area contributed by atoms with Gasteiger partial charge in [0, 0.05) is 19.1 Å². The van der Waals surface area contributed by atoms with E-state index in [1.165, 1.54) is 32.8 Å². The number of alkyl halides is 2. The lowest BCUT2D eigenvalue weighted by molar-refractivity contribution is -0.0512. The number of aliphatic imine (C=N–C) groups is 1. The smallest absolute Gasteiger partial charge is 0.387 e. The molecule has 0 saturated heterocycles. The van der Waals surface area contributed by atoms with Gasteiger partial charge in [0.25, 0.3) is 0 Å². The van der Waals surface area contributed by atoms with E-state index in [1.54, 1.807) is 12.1 Å². The Balaban J connectivity index is 1.95. The molecule has 0 unspecified atom stereocenters. The zero-order valence-corrected chi connectivity index (χ0v) is 14.9. The van der Waals surface area contributed by atoms with Crippen LogP contribution in [0.1, 0.15) is 38.2 Å². The number of methoxy groups -OCH3 is 1. The van der Waals surface area contributed by atoms with Crippen molar-refractivity contribution in [1.82, 2.24) is 10.6 Å². The second-order valence-corrected chi connectivity index (χ2v) is 6.00. The summed E-state index contributed by atoms with van der Waals surface area (Å²) < 4.78 is 34.5. The molecule has 0 bridgehead atoms. The van der Waals surface area contributed by atoms with Gasteiger partial charge in [0.05, 0.1) is 7.11 Å². The maximum Gasteiger partial charge on any atom is 0.387 e. The Labute approximate surface area is 147 Å². The van der Waals surface area contributed by atoms with Gasteiger partial charge in [-0.2, -0.15) is 8.78 Å². The maximum atomic E-state index is 12.5. The molecule has 1 fully saturated rings. The van der Waals surface area contributed by atoms with E-state index < -0.39 is 6.61 Å². The molecule has 0 heterocycles. The van der Waals surface area contributed by atoms with Crippen LogP contribution < -0.4 is 20.1 Å². The molecular formula is C18H27F2N3O2. The summed E-state index contributed by atoms with van der Waals surface area (Å²) in [6, 6.07) is 5.55. The summed E-state index contributed by atoms with van der Waals surface area (Å²) in [6.45, 7) is 0.511. The van der Waals surface area contributed by atoms with Crippen LogP contribution in [0.25, 0.3) is 0 Å². The van der Waals surface area contributed by atoms with Crippen molar-refractivity contribution in [1.29, 1.82) is 0 Å². The summed E-state index contributed by atoms with van der Waals surface area (Å²) >= 11 is 0. The molecule has 1 aliphatic rings. The minimum absolute atomic E-state index is 0.0509. The number of halogens is 2. The third-order valence-corrected chi connectivity index (χ3v) is 4.15. The van der Waals surface area contributed by atoms with Gasteiger partial charge < -0.3 is 20.1 Å². The van der Waals surface area contributed by atoms with Crippen LogP contribution in [0.5, 0.6) is 11.5 Å². The number of benzene rings is 1. The van der Waals surface area contributed by atoms with Gasteiger partial charge in [-0.3, -0.25) is 4.99 Å². The number of nitrogens with zero attached hydrogens (tertiary/aromatic N) is 1. The summed E-state index contributed by atoms with van der Waals surface area (Å²) in [5.41, 5.74) is 0.872. The van der Waals surface area contributed by atoms with Crippen molar-refractivity contribution in [2.45, 2.75) is 51.7 Å². The maximum absolute atomic E-state index is 12.5. The van der Waals surface area contributed by atoms with Gasteiger partial charge in [0.1, 0.15) is 0 Å². The summed E-state index contributed by atoms with van der Waals surface area (Å²) in [5.74, 6) is 1.16. The topological polar surface area (TPSA) is 54.9 Å². The lowest BCUT2D eigenvalue weighted by Crippen LogP contribution is -2.42. The lowest BCUT2D eigenvalue weighted by Gasteiger charge is -2.16. The van der Waals surface area contributed by atoms with Gasteiger partial charge in [-0.1, -0.05) is 18.9 Å². The second kappa shape index (κ2) is 10.1. The molecule has 1 aromatic carbocycles. The average Bonchev–Trinajstić information content (AvgIpc) is 3.08. The first-order valence-corrected chi connectivity index (χ1v) is 8.79. The summed E-state index contributed by atoms with van der Waals surface area (Å²) in [5, 5.41) is 6.70. The van der Waals surface area contributed by atoms with Gasteiger partial charge in [-0.25, -0.2) is 0 Å². The third kappa shape index (κ3) is 6.40. The van der Waals surface area contributed by atoms with Crippen LogP contribution in [0.2, 0.25) is 0 Å². The van der Waals surface area contributed by atoms with Gasteiger partial charge in [0.2, 0.25) is 0 Å². The molecule has 5 nitrogen and oxygen atoms in total. The zero-order valence-electron chi connectivity index (χ0n) is 14.9. The minimum atomic E-state index is -2.88. The van der Waals surface area contributed by atoms with Crippen LogP contribution in [0.4, 0.5) is 8.78 Å². The Kier molecular flexibility index (Phi) is 7.76. The average molecular weight is 355 g/mol. The number of ether oxygens (including phenoxy) is 2. The van der Waals surface area contributed by atoms with Crippen LogP contribution in [0, 0.1) is 0 Å². The van der Waals surface area contributed by atoms with E-state index in [0.29, 0.717) is 24.8 Å². The van der Waals surface area contributed by atoms with E-state index in [-0.39, 0.29) is 5.75 Å². The molecule has 1 aromatic rings. The van der Waals surface area contributed by atoms with Gasteiger partial charge in [-0.15, -0.1) is 0 Å². The summed E-state index contributed by atoms with van der Waals surface area (Å²) in [6.07, 6.45) is 5.50. The van der Waals surface area contributed by atoms with Crippen LogP contribution >= 0.6 is 0 Å². The van der Waals surface area contributed by atoms with Crippen LogP contribution in [-0.2, 0) is 6.42 Å². The molecule has 0 aromatic heterocycles. The van der Waals surface area contributed by atoms with Crippen molar-refractivity contribution in [3.8, 4) is 11.5 Å². The van der Waals surface area contributed by atoms with Crippen LogP contribution in [0.15, 0.2) is 23.2 Å². The van der Waals surface area contributed by atoms with Crippen molar-refractivity contribution in [3.05, 3.63) is 23.8 Å². The highest BCUT2D eigenvalue weighted by atomic mass is 19.3.